The van der Waals surface area contributed by atoms with Gasteiger partial charge in [-0.25, -0.2) is 0 Å². The number of morpholine rings is 2. The molecule has 168 valence electrons. The SMILES string of the molecule is O=C(/C=C/c1cccc([N+](=O)[O-])c1)Nc1ccc(N2CCOCC2)cc1N1CCOCC1. The molecule has 32 heavy (non-hydrogen) atoms. The van der Waals surface area contributed by atoms with Gasteiger partial charge in [0.2, 0.25) is 5.91 Å². The second-order valence-electron chi connectivity index (χ2n) is 7.57. The van der Waals surface area contributed by atoms with Crippen molar-refractivity contribution in [3.05, 3.63) is 64.2 Å². The Morgan fingerprint density at radius 3 is 2.34 bits per heavy atom. The maximum absolute atomic E-state index is 12.6. The Labute approximate surface area is 186 Å². The molecule has 9 heteroatoms. The van der Waals surface area contributed by atoms with Crippen molar-refractivity contribution in [2.75, 3.05) is 67.7 Å². The molecular weight excluding hydrogens is 412 g/mol. The fourth-order valence-corrected chi connectivity index (χ4v) is 3.80. The van der Waals surface area contributed by atoms with Crippen molar-refractivity contribution in [2.24, 2.45) is 0 Å². The summed E-state index contributed by atoms with van der Waals surface area (Å²) in [4.78, 5) is 27.6. The van der Waals surface area contributed by atoms with E-state index in [0.717, 1.165) is 43.2 Å². The number of nitrogens with zero attached hydrogens (tertiary/aromatic N) is 3. The third kappa shape index (κ3) is 5.43. The highest BCUT2D eigenvalue weighted by Crippen LogP contribution is 2.32. The largest absolute Gasteiger partial charge is 0.378 e. The number of nitrogens with one attached hydrogen (secondary N) is 1. The summed E-state index contributed by atoms with van der Waals surface area (Å²) in [6, 6.07) is 12.2. The van der Waals surface area contributed by atoms with Gasteiger partial charge in [0, 0.05) is 50.1 Å². The van der Waals surface area contributed by atoms with Crippen LogP contribution in [-0.4, -0.2) is 63.4 Å². The highest BCUT2D eigenvalue weighted by molar-refractivity contribution is 6.04. The standard InChI is InChI=1S/C23H26N4O5/c28-23(7-4-18-2-1-3-20(16-18)27(29)30)24-21-6-5-19(25-8-12-31-13-9-25)17-22(21)26-10-14-32-15-11-26/h1-7,16-17H,8-15H2,(H,24,28)/b7-4+. The number of rotatable bonds is 6. The molecule has 0 unspecified atom stereocenters. The first-order chi connectivity index (χ1) is 15.6. The van der Waals surface area contributed by atoms with Crippen LogP contribution in [0.15, 0.2) is 48.5 Å². The average molecular weight is 438 g/mol. The Balaban J connectivity index is 1.52. The van der Waals surface area contributed by atoms with Gasteiger partial charge < -0.3 is 24.6 Å². The van der Waals surface area contributed by atoms with Crippen LogP contribution in [0, 0.1) is 10.1 Å². The fourth-order valence-electron chi connectivity index (χ4n) is 3.80. The van der Waals surface area contributed by atoms with Crippen LogP contribution in [0.2, 0.25) is 0 Å². The summed E-state index contributed by atoms with van der Waals surface area (Å²) in [6.45, 7) is 5.85. The van der Waals surface area contributed by atoms with Crippen LogP contribution < -0.4 is 15.1 Å². The van der Waals surface area contributed by atoms with Crippen LogP contribution in [0.4, 0.5) is 22.7 Å². The van der Waals surface area contributed by atoms with Crippen LogP contribution in [0.25, 0.3) is 6.08 Å². The number of amides is 1. The van der Waals surface area contributed by atoms with Gasteiger partial charge >= 0.3 is 0 Å². The van der Waals surface area contributed by atoms with E-state index in [1.807, 2.05) is 12.1 Å². The van der Waals surface area contributed by atoms with Crippen LogP contribution in [-0.2, 0) is 14.3 Å². The van der Waals surface area contributed by atoms with Crippen molar-refractivity contribution in [3.63, 3.8) is 0 Å². The molecule has 2 aromatic rings. The highest BCUT2D eigenvalue weighted by Gasteiger charge is 2.19. The number of hydrogen-bond donors (Lipinski definition) is 1. The lowest BCUT2D eigenvalue weighted by atomic mass is 10.1. The first-order valence-electron chi connectivity index (χ1n) is 10.6. The molecule has 2 heterocycles. The van der Waals surface area contributed by atoms with E-state index in [1.54, 1.807) is 18.2 Å². The zero-order chi connectivity index (χ0) is 22.3. The molecule has 1 amide bonds. The number of hydrogen-bond acceptors (Lipinski definition) is 7. The van der Waals surface area contributed by atoms with Crippen molar-refractivity contribution in [3.8, 4) is 0 Å². The molecular formula is C23H26N4O5. The van der Waals surface area contributed by atoms with Crippen LogP contribution >= 0.6 is 0 Å². The van der Waals surface area contributed by atoms with Gasteiger partial charge in [0.25, 0.3) is 5.69 Å². The summed E-state index contributed by atoms with van der Waals surface area (Å²) in [7, 11) is 0. The minimum absolute atomic E-state index is 0.0131. The number of carbonyl (C=O) groups is 1. The van der Waals surface area contributed by atoms with E-state index in [0.29, 0.717) is 32.0 Å². The predicted molar refractivity (Wildman–Crippen MR) is 123 cm³/mol. The van der Waals surface area contributed by atoms with E-state index < -0.39 is 4.92 Å². The van der Waals surface area contributed by atoms with E-state index in [1.165, 1.54) is 18.2 Å². The van der Waals surface area contributed by atoms with E-state index >= 15 is 0 Å². The molecule has 2 aliphatic rings. The van der Waals surface area contributed by atoms with Crippen molar-refractivity contribution >= 4 is 34.7 Å². The number of anilines is 3. The molecule has 2 aromatic carbocycles. The Hall–Kier alpha value is -3.43. The minimum Gasteiger partial charge on any atom is -0.378 e. The Kier molecular flexibility index (Phi) is 6.98. The van der Waals surface area contributed by atoms with Gasteiger partial charge in [-0.3, -0.25) is 14.9 Å². The molecule has 0 aliphatic carbocycles. The van der Waals surface area contributed by atoms with E-state index in [4.69, 9.17) is 9.47 Å². The number of ether oxygens (including phenoxy) is 2. The summed E-state index contributed by atoms with van der Waals surface area (Å²) in [6.07, 6.45) is 2.96. The van der Waals surface area contributed by atoms with Crippen LogP contribution in [0.1, 0.15) is 5.56 Å². The Morgan fingerprint density at radius 1 is 0.969 bits per heavy atom. The Morgan fingerprint density at radius 2 is 1.66 bits per heavy atom. The minimum atomic E-state index is -0.456. The molecule has 2 fully saturated rings. The molecule has 0 atom stereocenters. The topological polar surface area (TPSA) is 97.2 Å². The lowest BCUT2D eigenvalue weighted by Gasteiger charge is -2.33. The molecule has 0 saturated carbocycles. The zero-order valence-electron chi connectivity index (χ0n) is 17.7. The number of nitro groups is 1. The summed E-state index contributed by atoms with van der Waals surface area (Å²) in [5.41, 5.74) is 3.35. The zero-order valence-corrected chi connectivity index (χ0v) is 17.7. The normalized spacial score (nSPS) is 16.9. The molecule has 0 aromatic heterocycles. The molecule has 0 spiro atoms. The average Bonchev–Trinajstić information content (AvgIpc) is 2.84. The number of nitro benzene ring substituents is 1. The van der Waals surface area contributed by atoms with Gasteiger partial charge in [-0.1, -0.05) is 12.1 Å². The van der Waals surface area contributed by atoms with Gasteiger partial charge in [-0.05, 0) is 29.8 Å². The maximum Gasteiger partial charge on any atom is 0.270 e. The van der Waals surface area contributed by atoms with Crippen LogP contribution in [0.3, 0.4) is 0 Å². The molecule has 4 rings (SSSR count). The second-order valence-corrected chi connectivity index (χ2v) is 7.57. The van der Waals surface area contributed by atoms with Gasteiger partial charge in [-0.2, -0.15) is 0 Å². The summed E-state index contributed by atoms with van der Waals surface area (Å²) < 4.78 is 10.9. The Bertz CT molecular complexity index is 998. The maximum atomic E-state index is 12.6. The molecule has 0 radical (unpaired) electrons. The summed E-state index contributed by atoms with van der Waals surface area (Å²) >= 11 is 0. The number of carbonyl (C=O) groups excluding carboxylic acids is 1. The molecule has 9 nitrogen and oxygen atoms in total. The fraction of sp³-hybridized carbons (Fsp3) is 0.348. The van der Waals surface area contributed by atoms with E-state index in [-0.39, 0.29) is 11.6 Å². The first kappa shape index (κ1) is 21.8. The monoisotopic (exact) mass is 438 g/mol. The molecule has 0 bridgehead atoms. The van der Waals surface area contributed by atoms with Gasteiger partial charge in [0.05, 0.1) is 42.7 Å². The van der Waals surface area contributed by atoms with Crippen molar-refractivity contribution in [1.29, 1.82) is 0 Å². The number of non-ortho nitro benzene ring substituents is 1. The third-order valence-corrected chi connectivity index (χ3v) is 5.48. The van der Waals surface area contributed by atoms with Gasteiger partial charge in [0.1, 0.15) is 0 Å². The second kappa shape index (κ2) is 10.3. The predicted octanol–water partition coefficient (Wildman–Crippen LogP) is 2.92. The molecule has 2 saturated heterocycles. The number of benzene rings is 2. The van der Waals surface area contributed by atoms with Crippen LogP contribution in [0.5, 0.6) is 0 Å². The van der Waals surface area contributed by atoms with E-state index in [2.05, 4.69) is 21.2 Å². The molecule has 2 aliphatic heterocycles. The first-order valence-corrected chi connectivity index (χ1v) is 10.6. The lowest BCUT2D eigenvalue weighted by Crippen LogP contribution is -2.38. The third-order valence-electron chi connectivity index (χ3n) is 5.48. The quantitative estimate of drug-likeness (QED) is 0.421. The van der Waals surface area contributed by atoms with Gasteiger partial charge in [0.15, 0.2) is 0 Å². The van der Waals surface area contributed by atoms with Crippen molar-refractivity contribution < 1.29 is 19.2 Å². The van der Waals surface area contributed by atoms with Crippen molar-refractivity contribution in [2.45, 2.75) is 0 Å². The van der Waals surface area contributed by atoms with E-state index in [9.17, 15) is 14.9 Å². The summed E-state index contributed by atoms with van der Waals surface area (Å²) in [5.74, 6) is -0.301. The molecule has 1 N–H and O–H groups in total. The highest BCUT2D eigenvalue weighted by atomic mass is 16.6. The summed E-state index contributed by atoms with van der Waals surface area (Å²) in [5, 5.41) is 13.9. The van der Waals surface area contributed by atoms with Crippen molar-refractivity contribution in [1.82, 2.24) is 0 Å². The van der Waals surface area contributed by atoms with Gasteiger partial charge in [-0.15, -0.1) is 0 Å². The lowest BCUT2D eigenvalue weighted by molar-refractivity contribution is -0.384. The smallest absolute Gasteiger partial charge is 0.270 e.